The Hall–Kier alpha value is -1.69. The Labute approximate surface area is 109 Å². The molecule has 0 amide bonds. The van der Waals surface area contributed by atoms with Crippen LogP contribution in [0.3, 0.4) is 0 Å². The number of rotatable bonds is 3. The molecular weight excluding hydrogens is 256 g/mol. The number of piperidine rings is 1. The number of anilines is 1. The van der Waals surface area contributed by atoms with E-state index in [1.54, 1.807) is 4.90 Å². The van der Waals surface area contributed by atoms with Crippen LogP contribution in [0.15, 0.2) is 12.1 Å². The number of carboxylic acids is 1. The number of aromatic carboxylic acids is 1. The third-order valence-corrected chi connectivity index (χ3v) is 3.45. The van der Waals surface area contributed by atoms with E-state index in [-0.39, 0.29) is 18.2 Å². The number of aliphatic hydroxyl groups excluding tert-OH is 1. The molecular formula is C13H15F2NO3. The summed E-state index contributed by atoms with van der Waals surface area (Å²) in [7, 11) is 0. The number of halogens is 2. The van der Waals surface area contributed by atoms with Gasteiger partial charge >= 0.3 is 5.97 Å². The van der Waals surface area contributed by atoms with Crippen molar-refractivity contribution in [1.29, 1.82) is 0 Å². The van der Waals surface area contributed by atoms with E-state index in [1.807, 2.05) is 0 Å². The van der Waals surface area contributed by atoms with Crippen LogP contribution < -0.4 is 4.90 Å². The average molecular weight is 271 g/mol. The Balaban J connectivity index is 2.24. The molecule has 19 heavy (non-hydrogen) atoms. The van der Waals surface area contributed by atoms with Gasteiger partial charge in [-0.1, -0.05) is 0 Å². The lowest BCUT2D eigenvalue weighted by molar-refractivity contribution is 0.0695. The zero-order valence-electron chi connectivity index (χ0n) is 10.3. The van der Waals surface area contributed by atoms with Gasteiger partial charge in [-0.15, -0.1) is 0 Å². The highest BCUT2D eigenvalue weighted by molar-refractivity contribution is 5.88. The first-order valence-electron chi connectivity index (χ1n) is 6.11. The fourth-order valence-corrected chi connectivity index (χ4v) is 2.33. The fourth-order valence-electron chi connectivity index (χ4n) is 2.33. The summed E-state index contributed by atoms with van der Waals surface area (Å²) in [5, 5.41) is 17.7. The molecule has 104 valence electrons. The molecule has 1 aliphatic heterocycles. The number of hydrogen-bond donors (Lipinski definition) is 2. The van der Waals surface area contributed by atoms with Gasteiger partial charge in [0.25, 0.3) is 0 Å². The Bertz CT molecular complexity index is 462. The molecule has 2 N–H and O–H groups in total. The topological polar surface area (TPSA) is 60.8 Å². The molecule has 0 saturated carbocycles. The fraction of sp³-hybridized carbons (Fsp3) is 0.462. The molecule has 0 unspecified atom stereocenters. The second-order valence-corrected chi connectivity index (χ2v) is 4.71. The first-order valence-corrected chi connectivity index (χ1v) is 6.11. The Morgan fingerprint density at radius 3 is 2.21 bits per heavy atom. The van der Waals surface area contributed by atoms with E-state index >= 15 is 0 Å². The van der Waals surface area contributed by atoms with Gasteiger partial charge in [-0.25, -0.2) is 13.6 Å². The third-order valence-electron chi connectivity index (χ3n) is 3.45. The number of nitrogens with zero attached hydrogens (tertiary/aromatic N) is 1. The van der Waals surface area contributed by atoms with Gasteiger partial charge in [0.2, 0.25) is 0 Å². The van der Waals surface area contributed by atoms with Gasteiger partial charge in [0, 0.05) is 19.7 Å². The van der Waals surface area contributed by atoms with Crippen molar-refractivity contribution in [3.63, 3.8) is 0 Å². The first-order chi connectivity index (χ1) is 9.02. The van der Waals surface area contributed by atoms with Crippen molar-refractivity contribution >= 4 is 11.7 Å². The highest BCUT2D eigenvalue weighted by atomic mass is 19.1. The van der Waals surface area contributed by atoms with Gasteiger partial charge in [-0.2, -0.15) is 0 Å². The highest BCUT2D eigenvalue weighted by Gasteiger charge is 2.24. The van der Waals surface area contributed by atoms with Crippen LogP contribution in [-0.2, 0) is 0 Å². The first kappa shape index (κ1) is 13.7. The largest absolute Gasteiger partial charge is 0.478 e. The molecule has 4 nitrogen and oxygen atoms in total. The molecule has 0 atom stereocenters. The lowest BCUT2D eigenvalue weighted by Gasteiger charge is -2.33. The molecule has 1 heterocycles. The molecule has 1 aromatic rings. The molecule has 0 radical (unpaired) electrons. The van der Waals surface area contributed by atoms with E-state index in [9.17, 15) is 13.6 Å². The summed E-state index contributed by atoms with van der Waals surface area (Å²) >= 11 is 0. The SMILES string of the molecule is O=C(O)c1cc(F)c(N2CCC(CO)CC2)c(F)c1. The van der Waals surface area contributed by atoms with Crippen molar-refractivity contribution in [3.05, 3.63) is 29.3 Å². The van der Waals surface area contributed by atoms with Crippen LogP contribution in [-0.4, -0.2) is 35.9 Å². The average Bonchev–Trinajstić information content (AvgIpc) is 2.38. The van der Waals surface area contributed by atoms with Crippen LogP contribution in [0.1, 0.15) is 23.2 Å². The number of aliphatic hydroxyl groups is 1. The maximum Gasteiger partial charge on any atom is 0.335 e. The monoisotopic (exact) mass is 271 g/mol. The molecule has 1 aliphatic rings. The van der Waals surface area contributed by atoms with E-state index in [0.717, 1.165) is 12.1 Å². The minimum Gasteiger partial charge on any atom is -0.478 e. The van der Waals surface area contributed by atoms with Gasteiger partial charge in [0.1, 0.15) is 17.3 Å². The van der Waals surface area contributed by atoms with E-state index in [1.165, 1.54) is 0 Å². The minimum absolute atomic E-state index is 0.0801. The summed E-state index contributed by atoms with van der Waals surface area (Å²) < 4.78 is 27.7. The quantitative estimate of drug-likeness (QED) is 0.881. The smallest absolute Gasteiger partial charge is 0.335 e. The second kappa shape index (κ2) is 5.52. The Kier molecular flexibility index (Phi) is 3.99. The summed E-state index contributed by atoms with van der Waals surface area (Å²) in [6.45, 7) is 0.980. The molecule has 2 rings (SSSR count). The summed E-state index contributed by atoms with van der Waals surface area (Å²) in [5.74, 6) is -2.91. The standard InChI is InChI=1S/C13H15F2NO3/c14-10-5-9(13(18)19)6-11(15)12(10)16-3-1-8(7-17)2-4-16/h5-6,8,17H,1-4,7H2,(H,18,19). The van der Waals surface area contributed by atoms with E-state index in [4.69, 9.17) is 10.2 Å². The second-order valence-electron chi connectivity index (χ2n) is 4.71. The molecule has 0 spiro atoms. The van der Waals surface area contributed by atoms with Crippen LogP contribution in [0.2, 0.25) is 0 Å². The molecule has 0 bridgehead atoms. The molecule has 1 saturated heterocycles. The lowest BCUT2D eigenvalue weighted by atomic mass is 9.97. The van der Waals surface area contributed by atoms with Crippen LogP contribution in [0.4, 0.5) is 14.5 Å². The van der Waals surface area contributed by atoms with Crippen molar-refractivity contribution in [2.75, 3.05) is 24.6 Å². The van der Waals surface area contributed by atoms with Gasteiger partial charge in [0.05, 0.1) is 5.56 Å². The lowest BCUT2D eigenvalue weighted by Crippen LogP contribution is -2.36. The van der Waals surface area contributed by atoms with Gasteiger partial charge in [-0.05, 0) is 30.9 Å². The maximum absolute atomic E-state index is 13.8. The van der Waals surface area contributed by atoms with Crippen LogP contribution in [0.25, 0.3) is 0 Å². The summed E-state index contributed by atoms with van der Waals surface area (Å²) in [5.41, 5.74) is -0.578. The number of benzene rings is 1. The number of hydrogen-bond acceptors (Lipinski definition) is 3. The molecule has 6 heteroatoms. The van der Waals surface area contributed by atoms with Crippen molar-refractivity contribution in [2.24, 2.45) is 5.92 Å². The zero-order chi connectivity index (χ0) is 14.0. The number of carbonyl (C=O) groups is 1. The predicted molar refractivity (Wildman–Crippen MR) is 65.3 cm³/mol. The van der Waals surface area contributed by atoms with E-state index in [2.05, 4.69) is 0 Å². The Morgan fingerprint density at radius 1 is 1.26 bits per heavy atom. The van der Waals surface area contributed by atoms with E-state index in [0.29, 0.717) is 25.9 Å². The van der Waals surface area contributed by atoms with Crippen LogP contribution >= 0.6 is 0 Å². The summed E-state index contributed by atoms with van der Waals surface area (Å²) in [6, 6.07) is 1.66. The van der Waals surface area contributed by atoms with Crippen LogP contribution in [0.5, 0.6) is 0 Å². The number of carboxylic acid groups (broad SMARTS) is 1. The molecule has 1 aromatic carbocycles. The Morgan fingerprint density at radius 2 is 1.79 bits per heavy atom. The van der Waals surface area contributed by atoms with Gasteiger partial charge < -0.3 is 15.1 Å². The van der Waals surface area contributed by atoms with Gasteiger partial charge in [-0.3, -0.25) is 0 Å². The summed E-state index contributed by atoms with van der Waals surface area (Å²) in [4.78, 5) is 12.3. The normalized spacial score (nSPS) is 16.7. The summed E-state index contributed by atoms with van der Waals surface area (Å²) in [6.07, 6.45) is 1.33. The van der Waals surface area contributed by atoms with Crippen molar-refractivity contribution in [2.45, 2.75) is 12.8 Å². The maximum atomic E-state index is 13.8. The van der Waals surface area contributed by atoms with Crippen LogP contribution in [0, 0.1) is 17.6 Å². The molecule has 1 fully saturated rings. The minimum atomic E-state index is -1.36. The van der Waals surface area contributed by atoms with Gasteiger partial charge in [0.15, 0.2) is 0 Å². The highest BCUT2D eigenvalue weighted by Crippen LogP contribution is 2.29. The molecule has 0 aliphatic carbocycles. The molecule has 0 aromatic heterocycles. The van der Waals surface area contributed by atoms with Crippen molar-refractivity contribution in [3.8, 4) is 0 Å². The van der Waals surface area contributed by atoms with Crippen molar-refractivity contribution in [1.82, 2.24) is 0 Å². The van der Waals surface area contributed by atoms with Crippen molar-refractivity contribution < 1.29 is 23.8 Å². The zero-order valence-corrected chi connectivity index (χ0v) is 10.3. The third kappa shape index (κ3) is 2.84. The van der Waals surface area contributed by atoms with E-state index < -0.39 is 23.2 Å². The predicted octanol–water partition coefficient (Wildman–Crippen LogP) is 1.87.